The molecule has 6 nitrogen and oxygen atoms in total. The molecule has 1 aromatic rings. The highest BCUT2D eigenvalue weighted by Crippen LogP contribution is 2.26. The Hall–Kier alpha value is -0.920. The van der Waals surface area contributed by atoms with E-state index in [1.54, 1.807) is 11.0 Å². The Bertz CT molecular complexity index is 556. The van der Waals surface area contributed by atoms with Crippen LogP contribution in [-0.4, -0.2) is 56.7 Å². The number of nitrogens with zero attached hydrogens (tertiary/aromatic N) is 3. The van der Waals surface area contributed by atoms with Gasteiger partial charge in [0.1, 0.15) is 4.60 Å². The molecule has 1 aliphatic rings. The fraction of sp³-hybridized carbons (Fsp3) is 0.778. The van der Waals surface area contributed by atoms with Gasteiger partial charge in [-0.05, 0) is 49.0 Å². The summed E-state index contributed by atoms with van der Waals surface area (Å²) < 4.78 is 5.83. The van der Waals surface area contributed by atoms with Crippen molar-refractivity contribution in [3.05, 3.63) is 16.4 Å². The highest BCUT2D eigenvalue weighted by molar-refractivity contribution is 9.10. The van der Waals surface area contributed by atoms with Gasteiger partial charge < -0.3 is 14.5 Å². The second kappa shape index (κ2) is 9.14. The summed E-state index contributed by atoms with van der Waals surface area (Å²) in [6, 6.07) is 2.40. The summed E-state index contributed by atoms with van der Waals surface area (Å²) in [5.74, 6) is 0.690. The van der Waals surface area contributed by atoms with Crippen molar-refractivity contribution in [3.63, 3.8) is 0 Å². The van der Waals surface area contributed by atoms with Crippen LogP contribution in [0.1, 0.15) is 59.1 Å². The zero-order valence-electron chi connectivity index (χ0n) is 15.6. The van der Waals surface area contributed by atoms with Crippen LogP contribution in [0, 0.1) is 0 Å². The van der Waals surface area contributed by atoms with Gasteiger partial charge in [0.15, 0.2) is 5.76 Å². The average molecular weight is 416 g/mol. The van der Waals surface area contributed by atoms with Crippen molar-refractivity contribution in [3.8, 4) is 0 Å². The van der Waals surface area contributed by atoms with Crippen LogP contribution in [0.4, 0.5) is 0 Å². The predicted octanol–water partition coefficient (Wildman–Crippen LogP) is 3.19. The molecule has 1 saturated heterocycles. The van der Waals surface area contributed by atoms with E-state index in [1.165, 1.54) is 0 Å². The molecule has 25 heavy (non-hydrogen) atoms. The number of rotatable bonds is 9. The summed E-state index contributed by atoms with van der Waals surface area (Å²) in [6.45, 7) is 9.66. The monoisotopic (exact) mass is 415 g/mol. The van der Waals surface area contributed by atoms with Crippen LogP contribution in [-0.2, 0) is 11.3 Å². The number of amides is 1. The molecule has 142 valence electrons. The molecule has 0 saturated carbocycles. The van der Waals surface area contributed by atoms with Crippen LogP contribution < -0.4 is 0 Å². The summed E-state index contributed by atoms with van der Waals surface area (Å²) in [5.41, 5.74) is 0. The largest absolute Gasteiger partial charge is 0.390 e. The molecule has 2 heterocycles. The predicted molar refractivity (Wildman–Crippen MR) is 100.0 cm³/mol. The van der Waals surface area contributed by atoms with Gasteiger partial charge in [0.25, 0.3) is 0 Å². The Balaban J connectivity index is 2.07. The molecule has 2 rings (SSSR count). The fourth-order valence-electron chi connectivity index (χ4n) is 3.49. The number of carbonyl (C=O) groups is 1. The van der Waals surface area contributed by atoms with Crippen molar-refractivity contribution >= 4 is 21.8 Å². The first-order valence-electron chi connectivity index (χ1n) is 9.21. The Labute approximate surface area is 158 Å². The van der Waals surface area contributed by atoms with Crippen LogP contribution >= 0.6 is 15.9 Å². The molecule has 0 radical (unpaired) electrons. The molecule has 0 spiro atoms. The minimum atomic E-state index is -0.569. The molecule has 1 aliphatic heterocycles. The topological polar surface area (TPSA) is 69.8 Å². The molecule has 2 unspecified atom stereocenters. The minimum absolute atomic E-state index is 0.0650. The molecule has 1 amide bonds. The first kappa shape index (κ1) is 20.4. The third kappa shape index (κ3) is 5.05. The van der Waals surface area contributed by atoms with Crippen LogP contribution in [0.15, 0.2) is 15.2 Å². The smallest absolute Gasteiger partial charge is 0.223 e. The zero-order valence-corrected chi connectivity index (χ0v) is 17.2. The molecule has 1 N–H and O–H groups in total. The maximum atomic E-state index is 12.3. The van der Waals surface area contributed by atoms with E-state index in [1.807, 2.05) is 0 Å². The molecular formula is C18H30BrN3O3. The van der Waals surface area contributed by atoms with Gasteiger partial charge in [0.05, 0.1) is 18.7 Å². The number of aliphatic hydroxyl groups excluding tert-OH is 1. The van der Waals surface area contributed by atoms with Gasteiger partial charge in [-0.1, -0.05) is 19.0 Å². The van der Waals surface area contributed by atoms with Gasteiger partial charge in [-0.25, -0.2) is 0 Å². The van der Waals surface area contributed by atoms with Gasteiger partial charge >= 0.3 is 0 Å². The van der Waals surface area contributed by atoms with Gasteiger partial charge in [-0.3, -0.25) is 9.69 Å². The Morgan fingerprint density at radius 2 is 2.04 bits per heavy atom. The average Bonchev–Trinajstić information content (AvgIpc) is 3.17. The molecular weight excluding hydrogens is 386 g/mol. The Kier molecular flexibility index (Phi) is 7.46. The zero-order chi connectivity index (χ0) is 18.6. The lowest BCUT2D eigenvalue weighted by Crippen LogP contribution is -2.50. The summed E-state index contributed by atoms with van der Waals surface area (Å²) in [5, 5.41) is 14.7. The molecule has 4 atom stereocenters. The van der Waals surface area contributed by atoms with E-state index in [0.29, 0.717) is 48.4 Å². The van der Waals surface area contributed by atoms with Crippen molar-refractivity contribution in [1.82, 2.24) is 15.0 Å². The fourth-order valence-corrected chi connectivity index (χ4v) is 3.82. The lowest BCUT2D eigenvalue weighted by molar-refractivity contribution is -0.131. The number of aromatic nitrogens is 1. The van der Waals surface area contributed by atoms with Crippen LogP contribution in [0.2, 0.25) is 0 Å². The quantitative estimate of drug-likeness (QED) is 0.670. The van der Waals surface area contributed by atoms with Crippen molar-refractivity contribution in [1.29, 1.82) is 0 Å². The van der Waals surface area contributed by atoms with Crippen molar-refractivity contribution in [2.24, 2.45) is 0 Å². The first-order chi connectivity index (χ1) is 11.9. The van der Waals surface area contributed by atoms with Crippen molar-refractivity contribution in [2.45, 2.75) is 84.2 Å². The molecule has 0 aromatic carbocycles. The highest BCUT2D eigenvalue weighted by atomic mass is 79.9. The van der Waals surface area contributed by atoms with E-state index < -0.39 is 6.10 Å². The van der Waals surface area contributed by atoms with E-state index in [-0.39, 0.29) is 11.9 Å². The number of likely N-dealkylation sites (tertiary alicyclic amines) is 1. The number of aliphatic hydroxyl groups is 1. The van der Waals surface area contributed by atoms with Gasteiger partial charge in [0.2, 0.25) is 5.91 Å². The van der Waals surface area contributed by atoms with E-state index in [4.69, 9.17) is 4.52 Å². The maximum absolute atomic E-state index is 12.3. The summed E-state index contributed by atoms with van der Waals surface area (Å²) >= 11 is 3.26. The SMILES string of the molecule is CCC(C)N(C[C@@H](O)[C@@H]1CCC(=O)N1Cc1cc(Br)no1)C(C)CC. The molecule has 0 aliphatic carbocycles. The van der Waals surface area contributed by atoms with Crippen molar-refractivity contribution in [2.75, 3.05) is 6.54 Å². The van der Waals surface area contributed by atoms with E-state index >= 15 is 0 Å². The van der Waals surface area contributed by atoms with Crippen molar-refractivity contribution < 1.29 is 14.4 Å². The number of carbonyl (C=O) groups excluding carboxylic acids is 1. The normalized spacial score (nSPS) is 21.8. The van der Waals surface area contributed by atoms with Crippen LogP contribution in [0.25, 0.3) is 0 Å². The van der Waals surface area contributed by atoms with Gasteiger partial charge in [-0.15, -0.1) is 0 Å². The van der Waals surface area contributed by atoms with Crippen LogP contribution in [0.5, 0.6) is 0 Å². The van der Waals surface area contributed by atoms with E-state index in [2.05, 4.69) is 53.7 Å². The Morgan fingerprint density at radius 3 is 2.56 bits per heavy atom. The molecule has 7 heteroatoms. The van der Waals surface area contributed by atoms with Crippen LogP contribution in [0.3, 0.4) is 0 Å². The van der Waals surface area contributed by atoms with Gasteiger partial charge in [0, 0.05) is 31.1 Å². The van der Waals surface area contributed by atoms with E-state index in [0.717, 1.165) is 12.8 Å². The first-order valence-corrected chi connectivity index (χ1v) is 10.0. The minimum Gasteiger partial charge on any atom is -0.390 e. The number of halogens is 1. The lowest BCUT2D eigenvalue weighted by atomic mass is 10.0. The van der Waals surface area contributed by atoms with Gasteiger partial charge in [-0.2, -0.15) is 0 Å². The second-order valence-corrected chi connectivity index (χ2v) is 7.83. The summed E-state index contributed by atoms with van der Waals surface area (Å²) in [6.07, 6.45) is 2.67. The van der Waals surface area contributed by atoms with E-state index in [9.17, 15) is 9.90 Å². The lowest BCUT2D eigenvalue weighted by Gasteiger charge is -2.38. The highest BCUT2D eigenvalue weighted by Gasteiger charge is 2.37. The number of hydrogen-bond donors (Lipinski definition) is 1. The Morgan fingerprint density at radius 1 is 1.40 bits per heavy atom. The molecule has 1 fully saturated rings. The second-order valence-electron chi connectivity index (χ2n) is 7.02. The number of hydrogen-bond acceptors (Lipinski definition) is 5. The summed E-state index contributed by atoms with van der Waals surface area (Å²) in [4.78, 5) is 16.4. The summed E-state index contributed by atoms with van der Waals surface area (Å²) in [7, 11) is 0. The standard InChI is InChI=1S/C18H30BrN3O3/c1-5-12(3)21(13(4)6-2)11-16(23)15-7-8-18(24)22(15)10-14-9-17(19)20-25-14/h9,12-13,15-16,23H,5-8,10-11H2,1-4H3/t12?,13?,15-,16+/m0/s1. The third-order valence-corrected chi connectivity index (χ3v) is 5.76. The molecule has 1 aromatic heterocycles. The molecule has 0 bridgehead atoms. The third-order valence-electron chi connectivity index (χ3n) is 5.39. The maximum Gasteiger partial charge on any atom is 0.223 e.